The van der Waals surface area contributed by atoms with Crippen LogP contribution in [0.1, 0.15) is 38.4 Å². The zero-order valence-corrected chi connectivity index (χ0v) is 27.9. The van der Waals surface area contributed by atoms with E-state index in [0.29, 0.717) is 70.9 Å². The SMILES string of the molecule is C=C(OC)/C(=C\C(NC=O)=C(/C)N1CCCOC(C)C1)c1cc2c(cn1)cc(-c1c(Cl)c(OC)cc(OC)c1CC)c1nccn12. The van der Waals surface area contributed by atoms with Crippen molar-refractivity contribution in [1.29, 1.82) is 0 Å². The molecule has 4 heterocycles. The van der Waals surface area contributed by atoms with Crippen LogP contribution in [0.2, 0.25) is 5.02 Å². The lowest BCUT2D eigenvalue weighted by atomic mass is 9.96. The van der Waals surface area contributed by atoms with Gasteiger partial charge in [-0.25, -0.2) is 4.98 Å². The summed E-state index contributed by atoms with van der Waals surface area (Å²) >= 11 is 6.96. The Hall–Kier alpha value is -4.54. The molecule has 3 aromatic heterocycles. The quantitative estimate of drug-likeness (QED) is 0.113. The highest BCUT2D eigenvalue weighted by atomic mass is 35.5. The highest BCUT2D eigenvalue weighted by Gasteiger charge is 2.23. The molecule has 1 unspecified atom stereocenters. The van der Waals surface area contributed by atoms with Crippen LogP contribution < -0.4 is 14.8 Å². The number of amides is 1. The molecule has 0 spiro atoms. The number of hydrogen-bond donors (Lipinski definition) is 1. The molecule has 0 radical (unpaired) electrons. The van der Waals surface area contributed by atoms with Gasteiger partial charge in [0.15, 0.2) is 0 Å². The third kappa shape index (κ3) is 6.27. The van der Waals surface area contributed by atoms with Crippen molar-refractivity contribution in [3.63, 3.8) is 0 Å². The van der Waals surface area contributed by atoms with Gasteiger partial charge in [-0.05, 0) is 44.9 Å². The van der Waals surface area contributed by atoms with E-state index >= 15 is 0 Å². The van der Waals surface area contributed by atoms with Gasteiger partial charge in [0.2, 0.25) is 6.41 Å². The second kappa shape index (κ2) is 14.3. The molecule has 1 aromatic carbocycles. The first-order valence-electron chi connectivity index (χ1n) is 15.2. The van der Waals surface area contributed by atoms with Crippen molar-refractivity contribution in [3.05, 3.63) is 82.9 Å². The monoisotopic (exact) mass is 645 g/mol. The molecule has 1 amide bonds. The van der Waals surface area contributed by atoms with Crippen molar-refractivity contribution in [2.75, 3.05) is 41.0 Å². The van der Waals surface area contributed by atoms with Crippen molar-refractivity contribution in [2.45, 2.75) is 39.7 Å². The number of imidazole rings is 1. The summed E-state index contributed by atoms with van der Waals surface area (Å²) in [5.41, 5.74) is 6.92. The molecule has 4 aromatic rings. The number of methoxy groups -OCH3 is 3. The number of aromatic nitrogens is 3. The van der Waals surface area contributed by atoms with E-state index in [1.54, 1.807) is 33.7 Å². The molecule has 11 heteroatoms. The smallest absolute Gasteiger partial charge is 0.211 e. The van der Waals surface area contributed by atoms with E-state index in [1.807, 2.05) is 41.8 Å². The maximum Gasteiger partial charge on any atom is 0.211 e. The first-order valence-corrected chi connectivity index (χ1v) is 15.6. The number of hydrogen-bond acceptors (Lipinski definition) is 8. The Bertz CT molecular complexity index is 1850. The molecular weight excluding hydrogens is 606 g/mol. The van der Waals surface area contributed by atoms with Gasteiger partial charge in [-0.1, -0.05) is 25.1 Å². The number of allylic oxidation sites excluding steroid dienone is 3. The Morgan fingerprint density at radius 2 is 1.98 bits per heavy atom. The largest absolute Gasteiger partial charge is 0.497 e. The molecule has 1 N–H and O–H groups in total. The van der Waals surface area contributed by atoms with E-state index in [1.165, 1.54) is 0 Å². The molecule has 1 atom stereocenters. The number of carbonyl (C=O) groups is 1. The number of ether oxygens (including phenoxy) is 4. The van der Waals surface area contributed by atoms with E-state index in [9.17, 15) is 4.79 Å². The summed E-state index contributed by atoms with van der Waals surface area (Å²) in [6.07, 6.45) is 9.64. The van der Waals surface area contributed by atoms with Gasteiger partial charge in [-0.3, -0.25) is 14.2 Å². The van der Waals surface area contributed by atoms with Gasteiger partial charge < -0.3 is 29.2 Å². The van der Waals surface area contributed by atoms with E-state index in [0.717, 1.165) is 46.3 Å². The number of benzene rings is 1. The van der Waals surface area contributed by atoms with Crippen molar-refractivity contribution in [1.82, 2.24) is 24.6 Å². The van der Waals surface area contributed by atoms with Crippen molar-refractivity contribution in [3.8, 4) is 22.6 Å². The van der Waals surface area contributed by atoms with Crippen LogP contribution in [0.5, 0.6) is 11.5 Å². The summed E-state index contributed by atoms with van der Waals surface area (Å²) in [7, 11) is 4.78. The van der Waals surface area contributed by atoms with Gasteiger partial charge in [0.1, 0.15) is 22.9 Å². The second-order valence-electron chi connectivity index (χ2n) is 11.0. The highest BCUT2D eigenvalue weighted by Crippen LogP contribution is 2.45. The summed E-state index contributed by atoms with van der Waals surface area (Å²) in [5, 5.41) is 4.23. The minimum atomic E-state index is 0.0679. The van der Waals surface area contributed by atoms with Crippen LogP contribution in [0.3, 0.4) is 0 Å². The average Bonchev–Trinajstić information content (AvgIpc) is 3.47. The van der Waals surface area contributed by atoms with Crippen molar-refractivity contribution >= 4 is 40.1 Å². The van der Waals surface area contributed by atoms with E-state index < -0.39 is 0 Å². The van der Waals surface area contributed by atoms with Crippen molar-refractivity contribution < 1.29 is 23.7 Å². The summed E-state index contributed by atoms with van der Waals surface area (Å²) in [4.78, 5) is 23.6. The zero-order valence-electron chi connectivity index (χ0n) is 27.1. The molecule has 1 saturated heterocycles. The number of nitrogens with one attached hydrogen (secondary N) is 1. The second-order valence-corrected chi connectivity index (χ2v) is 11.4. The Labute approximate surface area is 274 Å². The molecule has 0 aliphatic carbocycles. The highest BCUT2D eigenvalue weighted by molar-refractivity contribution is 6.35. The normalized spacial score (nSPS) is 16.2. The van der Waals surface area contributed by atoms with Crippen LogP contribution in [0, 0.1) is 0 Å². The average molecular weight is 646 g/mol. The Balaban J connectivity index is 1.70. The van der Waals surface area contributed by atoms with Gasteiger partial charge in [0.25, 0.3) is 0 Å². The molecule has 5 rings (SSSR count). The van der Waals surface area contributed by atoms with E-state index in [-0.39, 0.29) is 6.10 Å². The van der Waals surface area contributed by atoms with Crippen LogP contribution >= 0.6 is 11.6 Å². The first kappa shape index (κ1) is 32.8. The van der Waals surface area contributed by atoms with Crippen LogP contribution in [0.15, 0.2) is 66.6 Å². The van der Waals surface area contributed by atoms with Gasteiger partial charge >= 0.3 is 0 Å². The molecule has 1 fully saturated rings. The van der Waals surface area contributed by atoms with Gasteiger partial charge in [-0.2, -0.15) is 0 Å². The minimum absolute atomic E-state index is 0.0679. The zero-order chi connectivity index (χ0) is 33.0. The molecule has 0 saturated carbocycles. The third-order valence-corrected chi connectivity index (χ3v) is 8.73. The first-order chi connectivity index (χ1) is 22.3. The van der Waals surface area contributed by atoms with E-state index in [4.69, 9.17) is 40.5 Å². The maximum atomic E-state index is 11.8. The lowest BCUT2D eigenvalue weighted by Gasteiger charge is -2.27. The Kier molecular flexibility index (Phi) is 10.2. The molecule has 1 aliphatic heterocycles. The minimum Gasteiger partial charge on any atom is -0.497 e. The number of pyridine rings is 2. The number of rotatable bonds is 11. The predicted molar refractivity (Wildman–Crippen MR) is 181 cm³/mol. The van der Waals surface area contributed by atoms with Crippen LogP contribution in [-0.2, 0) is 20.7 Å². The van der Waals surface area contributed by atoms with Gasteiger partial charge in [0, 0.05) is 77.7 Å². The Morgan fingerprint density at radius 3 is 2.67 bits per heavy atom. The lowest BCUT2D eigenvalue weighted by Crippen LogP contribution is -2.31. The fourth-order valence-corrected chi connectivity index (χ4v) is 6.32. The maximum absolute atomic E-state index is 11.8. The number of nitrogens with zero attached hydrogens (tertiary/aromatic N) is 4. The molecule has 0 bridgehead atoms. The molecule has 1 aliphatic rings. The van der Waals surface area contributed by atoms with Crippen molar-refractivity contribution in [2.24, 2.45) is 0 Å². The summed E-state index contributed by atoms with van der Waals surface area (Å²) in [6, 6.07) is 5.81. The summed E-state index contributed by atoms with van der Waals surface area (Å²) in [5.74, 6) is 1.61. The standard InChI is InChI=1S/C35H40ClN5O5/c1-8-25-31(44-6)17-32(45-7)34(36)33(25)27-14-24-18-38-29(16-30(24)41-12-10-37-35(27)41)26(23(4)43-5)15-28(39-20-42)22(3)40-11-9-13-46-21(2)19-40/h10,12,14-18,20-21H,4,8-9,11,13,19H2,1-3,5-7H3,(H,39,42)/b26-15+,28-22-. The predicted octanol–water partition coefficient (Wildman–Crippen LogP) is 6.41. The van der Waals surface area contributed by atoms with Crippen LogP contribution in [0.25, 0.3) is 33.3 Å². The summed E-state index contributed by atoms with van der Waals surface area (Å²) in [6.45, 7) is 12.5. The lowest BCUT2D eigenvalue weighted by molar-refractivity contribution is -0.108. The van der Waals surface area contributed by atoms with Crippen LogP contribution in [-0.4, -0.2) is 72.8 Å². The molecule has 242 valence electrons. The number of carbonyl (C=O) groups excluding carboxylic acids is 1. The van der Waals surface area contributed by atoms with Gasteiger partial charge in [-0.15, -0.1) is 0 Å². The molecule has 46 heavy (non-hydrogen) atoms. The Morgan fingerprint density at radius 1 is 1.20 bits per heavy atom. The topological polar surface area (TPSA) is 99.5 Å². The molecule has 10 nitrogen and oxygen atoms in total. The van der Waals surface area contributed by atoms with Crippen LogP contribution in [0.4, 0.5) is 0 Å². The third-order valence-electron chi connectivity index (χ3n) is 8.36. The summed E-state index contributed by atoms with van der Waals surface area (Å²) < 4.78 is 24.8. The number of fused-ring (bicyclic) bond motifs is 3. The fourth-order valence-electron chi connectivity index (χ4n) is 5.97. The van der Waals surface area contributed by atoms with Gasteiger partial charge in [0.05, 0.1) is 49.4 Å². The molecular formula is C35H40ClN5O5. The van der Waals surface area contributed by atoms with E-state index in [2.05, 4.69) is 30.6 Å². The fraction of sp³-hybridized carbons (Fsp3) is 0.343. The number of halogens is 1.